The molecule has 0 aliphatic rings. The summed E-state index contributed by atoms with van der Waals surface area (Å²) in [4.78, 5) is 14.3. The van der Waals surface area contributed by atoms with Gasteiger partial charge in [0.2, 0.25) is 15.9 Å². The molecule has 1 amide bonds. The van der Waals surface area contributed by atoms with Crippen molar-refractivity contribution in [3.8, 4) is 11.5 Å². The Kier molecular flexibility index (Phi) is 7.42. The zero-order valence-corrected chi connectivity index (χ0v) is 17.3. The van der Waals surface area contributed by atoms with E-state index in [4.69, 9.17) is 9.47 Å². The number of amides is 1. The van der Waals surface area contributed by atoms with Crippen molar-refractivity contribution in [1.82, 2.24) is 9.62 Å². The first-order valence-corrected chi connectivity index (χ1v) is 10.6. The van der Waals surface area contributed by atoms with E-state index in [1.54, 1.807) is 50.4 Å². The van der Waals surface area contributed by atoms with E-state index < -0.39 is 16.1 Å². The van der Waals surface area contributed by atoms with E-state index in [1.165, 1.54) is 0 Å². The molecule has 2 rings (SSSR count). The highest BCUT2D eigenvalue weighted by molar-refractivity contribution is 7.88. The second-order valence-electron chi connectivity index (χ2n) is 6.52. The number of methoxy groups -OCH3 is 2. The van der Waals surface area contributed by atoms with E-state index >= 15 is 0 Å². The van der Waals surface area contributed by atoms with Crippen LogP contribution in [0, 0.1) is 0 Å². The number of nitrogens with one attached hydrogen (secondary N) is 1. The number of ether oxygens (including phenoxy) is 2. The van der Waals surface area contributed by atoms with E-state index in [1.807, 2.05) is 24.3 Å². The summed E-state index contributed by atoms with van der Waals surface area (Å²) in [5, 5.41) is 0. The molecule has 0 aliphatic carbocycles. The zero-order valence-electron chi connectivity index (χ0n) is 16.5. The Balaban J connectivity index is 2.11. The lowest BCUT2D eigenvalue weighted by molar-refractivity contribution is -0.130. The van der Waals surface area contributed by atoms with Gasteiger partial charge in [-0.3, -0.25) is 4.79 Å². The Morgan fingerprint density at radius 3 is 1.96 bits per heavy atom. The Morgan fingerprint density at radius 2 is 1.50 bits per heavy atom. The van der Waals surface area contributed by atoms with Gasteiger partial charge >= 0.3 is 0 Å². The number of carbonyl (C=O) groups is 1. The van der Waals surface area contributed by atoms with Crippen molar-refractivity contribution in [2.24, 2.45) is 0 Å². The topological polar surface area (TPSA) is 84.9 Å². The second kappa shape index (κ2) is 9.57. The van der Waals surface area contributed by atoms with Gasteiger partial charge in [-0.1, -0.05) is 24.3 Å². The molecule has 0 saturated carbocycles. The highest BCUT2D eigenvalue weighted by Gasteiger charge is 2.22. The maximum atomic E-state index is 12.7. The molecule has 0 saturated heterocycles. The fourth-order valence-electron chi connectivity index (χ4n) is 2.75. The van der Waals surface area contributed by atoms with Gasteiger partial charge in [0.1, 0.15) is 11.5 Å². The summed E-state index contributed by atoms with van der Waals surface area (Å²) in [5.41, 5.74) is 1.64. The molecule has 28 heavy (non-hydrogen) atoms. The van der Waals surface area contributed by atoms with Crippen LogP contribution >= 0.6 is 0 Å². The lowest BCUT2D eigenvalue weighted by Gasteiger charge is -2.22. The third kappa shape index (κ3) is 6.54. The van der Waals surface area contributed by atoms with Crippen LogP contribution in [0.25, 0.3) is 0 Å². The van der Waals surface area contributed by atoms with Gasteiger partial charge in [0.25, 0.3) is 0 Å². The molecule has 7 nitrogen and oxygen atoms in total. The minimum absolute atomic E-state index is 0.00601. The van der Waals surface area contributed by atoms with Gasteiger partial charge in [0.05, 0.1) is 26.5 Å². The maximum absolute atomic E-state index is 12.7. The predicted molar refractivity (Wildman–Crippen MR) is 108 cm³/mol. The van der Waals surface area contributed by atoms with E-state index in [2.05, 4.69) is 4.72 Å². The van der Waals surface area contributed by atoms with Crippen molar-refractivity contribution < 1.29 is 22.7 Å². The number of sulfonamides is 1. The fourth-order valence-corrected chi connectivity index (χ4v) is 3.48. The Morgan fingerprint density at radius 1 is 1.00 bits per heavy atom. The van der Waals surface area contributed by atoms with Crippen LogP contribution in [-0.2, 0) is 21.4 Å². The Hall–Kier alpha value is -2.58. The standard InChI is InChI=1S/C20H26N2O5S/c1-22(14-15-5-9-17(26-2)10-6-15)20(23)13-19(21-28(4,24)25)16-7-11-18(27-3)12-8-16/h5-12,19,21H,13-14H2,1-4H3/t19-/m1/s1. The van der Waals surface area contributed by atoms with Crippen molar-refractivity contribution in [3.05, 3.63) is 59.7 Å². The van der Waals surface area contributed by atoms with Gasteiger partial charge in [-0.25, -0.2) is 13.1 Å². The van der Waals surface area contributed by atoms with Crippen LogP contribution in [0.15, 0.2) is 48.5 Å². The minimum Gasteiger partial charge on any atom is -0.497 e. The number of rotatable bonds is 9. The average molecular weight is 407 g/mol. The maximum Gasteiger partial charge on any atom is 0.224 e. The summed E-state index contributed by atoms with van der Waals surface area (Å²) in [5.74, 6) is 1.23. The molecule has 2 aromatic carbocycles. The fraction of sp³-hybridized carbons (Fsp3) is 0.350. The van der Waals surface area contributed by atoms with E-state index in [0.717, 1.165) is 17.6 Å². The van der Waals surface area contributed by atoms with Crippen LogP contribution in [-0.4, -0.2) is 46.7 Å². The molecule has 152 valence electrons. The molecule has 0 radical (unpaired) electrons. The highest BCUT2D eigenvalue weighted by atomic mass is 32.2. The third-order valence-electron chi connectivity index (χ3n) is 4.26. The number of hydrogen-bond donors (Lipinski definition) is 1. The first-order valence-electron chi connectivity index (χ1n) is 8.70. The van der Waals surface area contributed by atoms with Crippen molar-refractivity contribution in [1.29, 1.82) is 0 Å². The number of nitrogens with zero attached hydrogens (tertiary/aromatic N) is 1. The predicted octanol–water partition coefficient (Wildman–Crippen LogP) is 2.34. The normalized spacial score (nSPS) is 12.3. The molecule has 0 aromatic heterocycles. The molecule has 0 aliphatic heterocycles. The Labute approximate surface area is 166 Å². The summed E-state index contributed by atoms with van der Waals surface area (Å²) in [6, 6.07) is 13.7. The van der Waals surface area contributed by atoms with Crippen LogP contribution in [0.1, 0.15) is 23.6 Å². The van der Waals surface area contributed by atoms with Crippen molar-refractivity contribution in [2.45, 2.75) is 19.0 Å². The highest BCUT2D eigenvalue weighted by Crippen LogP contribution is 2.22. The molecular weight excluding hydrogens is 380 g/mol. The van der Waals surface area contributed by atoms with Crippen molar-refractivity contribution in [3.63, 3.8) is 0 Å². The SMILES string of the molecule is COc1ccc(CN(C)C(=O)C[C@@H](NS(C)(=O)=O)c2ccc(OC)cc2)cc1. The van der Waals surface area contributed by atoms with Gasteiger partial charge in [0.15, 0.2) is 0 Å². The molecule has 0 spiro atoms. The van der Waals surface area contributed by atoms with Crippen molar-refractivity contribution >= 4 is 15.9 Å². The lowest BCUT2D eigenvalue weighted by atomic mass is 10.0. The molecule has 0 bridgehead atoms. The molecule has 1 N–H and O–H groups in total. The average Bonchev–Trinajstić information content (AvgIpc) is 2.67. The van der Waals surface area contributed by atoms with Crippen LogP contribution in [0.5, 0.6) is 11.5 Å². The van der Waals surface area contributed by atoms with E-state index in [-0.39, 0.29) is 12.3 Å². The summed E-state index contributed by atoms with van der Waals surface area (Å²) in [7, 11) is 1.35. The molecule has 1 atom stereocenters. The summed E-state index contributed by atoms with van der Waals surface area (Å²) >= 11 is 0. The van der Waals surface area contributed by atoms with Gasteiger partial charge in [-0.05, 0) is 35.4 Å². The smallest absolute Gasteiger partial charge is 0.224 e. The van der Waals surface area contributed by atoms with Gasteiger partial charge < -0.3 is 14.4 Å². The van der Waals surface area contributed by atoms with Crippen LogP contribution in [0.3, 0.4) is 0 Å². The monoisotopic (exact) mass is 406 g/mol. The Bertz CT molecular complexity index is 880. The zero-order chi connectivity index (χ0) is 20.7. The lowest BCUT2D eigenvalue weighted by Crippen LogP contribution is -2.34. The molecule has 2 aromatic rings. The third-order valence-corrected chi connectivity index (χ3v) is 4.97. The largest absolute Gasteiger partial charge is 0.497 e. The molecule has 0 heterocycles. The molecule has 0 unspecified atom stereocenters. The van der Waals surface area contributed by atoms with Gasteiger partial charge in [-0.2, -0.15) is 0 Å². The number of benzene rings is 2. The number of hydrogen-bond acceptors (Lipinski definition) is 5. The quantitative estimate of drug-likeness (QED) is 0.691. The van der Waals surface area contributed by atoms with E-state index in [0.29, 0.717) is 17.9 Å². The summed E-state index contributed by atoms with van der Waals surface area (Å²) in [6.45, 7) is 0.414. The first-order chi connectivity index (χ1) is 13.2. The van der Waals surface area contributed by atoms with Crippen LogP contribution in [0.4, 0.5) is 0 Å². The first kappa shape index (κ1) is 21.7. The van der Waals surface area contributed by atoms with Gasteiger partial charge in [0, 0.05) is 20.0 Å². The summed E-state index contributed by atoms with van der Waals surface area (Å²) < 4.78 is 36.3. The second-order valence-corrected chi connectivity index (χ2v) is 8.30. The molecule has 8 heteroatoms. The molecular formula is C20H26N2O5S. The number of carbonyl (C=O) groups excluding carboxylic acids is 1. The van der Waals surface area contributed by atoms with Crippen LogP contribution < -0.4 is 14.2 Å². The summed E-state index contributed by atoms with van der Waals surface area (Å²) in [6.07, 6.45) is 1.08. The van der Waals surface area contributed by atoms with E-state index in [9.17, 15) is 13.2 Å². The molecule has 0 fully saturated rings. The van der Waals surface area contributed by atoms with Crippen LogP contribution in [0.2, 0.25) is 0 Å². The van der Waals surface area contributed by atoms with Crippen molar-refractivity contribution in [2.75, 3.05) is 27.5 Å². The van der Waals surface area contributed by atoms with Gasteiger partial charge in [-0.15, -0.1) is 0 Å². The minimum atomic E-state index is -3.49.